The lowest BCUT2D eigenvalue weighted by Crippen LogP contribution is -2.21. The molecule has 1 aromatic heterocycles. The van der Waals surface area contributed by atoms with Gasteiger partial charge in [0.2, 0.25) is 0 Å². The first-order valence-corrected chi connectivity index (χ1v) is 5.46. The highest BCUT2D eigenvalue weighted by Crippen LogP contribution is 2.18. The van der Waals surface area contributed by atoms with Crippen molar-refractivity contribution in [1.82, 2.24) is 14.9 Å². The number of hydrogen-bond donors (Lipinski definition) is 2. The maximum atomic E-state index is 4.40. The summed E-state index contributed by atoms with van der Waals surface area (Å²) in [4.78, 5) is 10.9. The fourth-order valence-electron chi connectivity index (χ4n) is 1.44. The van der Waals surface area contributed by atoms with Crippen molar-refractivity contribution in [1.29, 1.82) is 0 Å². The minimum atomic E-state index is 0.780. The van der Waals surface area contributed by atoms with Crippen LogP contribution in [0.1, 0.15) is 11.4 Å². The molecule has 1 aromatic rings. The summed E-state index contributed by atoms with van der Waals surface area (Å²) in [5.74, 6) is 2.58. The molecule has 1 rings (SSSR count). The van der Waals surface area contributed by atoms with Gasteiger partial charge in [0.25, 0.3) is 0 Å². The highest BCUT2D eigenvalue weighted by Gasteiger charge is 2.07. The summed E-state index contributed by atoms with van der Waals surface area (Å²) in [6.45, 7) is 5.78. The van der Waals surface area contributed by atoms with E-state index >= 15 is 0 Å². The molecule has 0 aliphatic rings. The maximum Gasteiger partial charge on any atom is 0.134 e. The topological polar surface area (TPSA) is 53.1 Å². The van der Waals surface area contributed by atoms with E-state index in [0.717, 1.165) is 36.1 Å². The van der Waals surface area contributed by atoms with E-state index in [0.29, 0.717) is 0 Å². The van der Waals surface area contributed by atoms with Gasteiger partial charge < -0.3 is 15.5 Å². The predicted octanol–water partition coefficient (Wildman–Crippen LogP) is 1.11. The molecular weight excluding hydrogens is 202 g/mol. The van der Waals surface area contributed by atoms with E-state index in [1.807, 2.05) is 20.9 Å². The zero-order valence-corrected chi connectivity index (χ0v) is 10.8. The van der Waals surface area contributed by atoms with Crippen molar-refractivity contribution in [2.75, 3.05) is 44.9 Å². The summed E-state index contributed by atoms with van der Waals surface area (Å²) >= 11 is 0. The Morgan fingerprint density at radius 1 is 1.12 bits per heavy atom. The van der Waals surface area contributed by atoms with Gasteiger partial charge in [0.15, 0.2) is 0 Å². The zero-order chi connectivity index (χ0) is 12.1. The quantitative estimate of drug-likeness (QED) is 0.783. The first-order valence-electron chi connectivity index (χ1n) is 5.46. The van der Waals surface area contributed by atoms with Gasteiger partial charge in [0.1, 0.15) is 17.5 Å². The fraction of sp³-hybridized carbons (Fsp3) is 0.636. The summed E-state index contributed by atoms with van der Waals surface area (Å²) < 4.78 is 0. The van der Waals surface area contributed by atoms with Crippen LogP contribution in [0.15, 0.2) is 0 Å². The molecule has 90 valence electrons. The lowest BCUT2D eigenvalue weighted by molar-refractivity contribution is 0.425. The molecule has 0 aliphatic carbocycles. The van der Waals surface area contributed by atoms with Crippen LogP contribution in [0.5, 0.6) is 0 Å². The number of aromatic nitrogens is 2. The molecule has 0 saturated heterocycles. The average Bonchev–Trinajstić information content (AvgIpc) is 2.22. The molecule has 0 aromatic carbocycles. The van der Waals surface area contributed by atoms with Crippen LogP contribution < -0.4 is 10.6 Å². The third-order valence-corrected chi connectivity index (χ3v) is 2.35. The normalized spacial score (nSPS) is 10.6. The molecule has 0 amide bonds. The van der Waals surface area contributed by atoms with Crippen molar-refractivity contribution in [3.05, 3.63) is 11.4 Å². The van der Waals surface area contributed by atoms with Gasteiger partial charge in [-0.3, -0.25) is 0 Å². The number of anilines is 2. The lowest BCUT2D eigenvalue weighted by Gasteiger charge is -2.14. The lowest BCUT2D eigenvalue weighted by atomic mass is 10.3. The van der Waals surface area contributed by atoms with Gasteiger partial charge >= 0.3 is 0 Å². The van der Waals surface area contributed by atoms with E-state index in [9.17, 15) is 0 Å². The number of aryl methyl sites for hydroxylation is 1. The van der Waals surface area contributed by atoms with Crippen LogP contribution in [-0.2, 0) is 0 Å². The van der Waals surface area contributed by atoms with E-state index < -0.39 is 0 Å². The summed E-state index contributed by atoms with van der Waals surface area (Å²) in [5, 5.41) is 6.40. The largest absolute Gasteiger partial charge is 0.373 e. The Morgan fingerprint density at radius 3 is 2.31 bits per heavy atom. The second-order valence-electron chi connectivity index (χ2n) is 4.07. The van der Waals surface area contributed by atoms with Crippen LogP contribution in [0.4, 0.5) is 11.6 Å². The molecular formula is C11H21N5. The third kappa shape index (κ3) is 3.34. The Kier molecular flexibility index (Phi) is 4.49. The zero-order valence-electron chi connectivity index (χ0n) is 10.8. The number of likely N-dealkylation sites (N-methyl/N-ethyl adjacent to an activating group) is 1. The molecule has 0 unspecified atom stereocenters. The summed E-state index contributed by atoms with van der Waals surface area (Å²) in [6, 6.07) is 0. The van der Waals surface area contributed by atoms with Crippen LogP contribution in [-0.4, -0.2) is 49.1 Å². The van der Waals surface area contributed by atoms with Crippen LogP contribution in [0.2, 0.25) is 0 Å². The average molecular weight is 223 g/mol. The highest BCUT2D eigenvalue weighted by atomic mass is 15.1. The van der Waals surface area contributed by atoms with E-state index in [4.69, 9.17) is 0 Å². The molecule has 0 atom stereocenters. The van der Waals surface area contributed by atoms with Gasteiger partial charge in [-0.25, -0.2) is 9.97 Å². The fourth-order valence-corrected chi connectivity index (χ4v) is 1.44. The van der Waals surface area contributed by atoms with Gasteiger partial charge in [0, 0.05) is 25.7 Å². The summed E-state index contributed by atoms with van der Waals surface area (Å²) in [5.41, 5.74) is 1.06. The monoisotopic (exact) mass is 223 g/mol. The van der Waals surface area contributed by atoms with Crippen molar-refractivity contribution in [2.24, 2.45) is 0 Å². The second-order valence-corrected chi connectivity index (χ2v) is 4.07. The molecule has 0 radical (unpaired) electrons. The minimum Gasteiger partial charge on any atom is -0.373 e. The Labute approximate surface area is 97.3 Å². The van der Waals surface area contributed by atoms with Crippen LogP contribution >= 0.6 is 0 Å². The van der Waals surface area contributed by atoms with Gasteiger partial charge in [-0.1, -0.05) is 0 Å². The van der Waals surface area contributed by atoms with E-state index in [1.165, 1.54) is 0 Å². The molecule has 5 nitrogen and oxygen atoms in total. The number of hydrogen-bond acceptors (Lipinski definition) is 5. The summed E-state index contributed by atoms with van der Waals surface area (Å²) in [7, 11) is 5.98. The maximum absolute atomic E-state index is 4.40. The van der Waals surface area contributed by atoms with Crippen molar-refractivity contribution >= 4 is 11.6 Å². The van der Waals surface area contributed by atoms with E-state index in [-0.39, 0.29) is 0 Å². The smallest absolute Gasteiger partial charge is 0.134 e. The Bertz CT molecular complexity index is 348. The number of nitrogens with one attached hydrogen (secondary N) is 2. The molecule has 0 bridgehead atoms. The van der Waals surface area contributed by atoms with Gasteiger partial charge in [-0.15, -0.1) is 0 Å². The molecule has 16 heavy (non-hydrogen) atoms. The second kappa shape index (κ2) is 5.65. The molecule has 0 aliphatic heterocycles. The van der Waals surface area contributed by atoms with Crippen LogP contribution in [0, 0.1) is 13.8 Å². The highest BCUT2D eigenvalue weighted by molar-refractivity contribution is 5.56. The Balaban J connectivity index is 2.75. The number of rotatable bonds is 5. The third-order valence-electron chi connectivity index (χ3n) is 2.35. The van der Waals surface area contributed by atoms with Gasteiger partial charge in [0.05, 0.1) is 0 Å². The van der Waals surface area contributed by atoms with Crippen molar-refractivity contribution < 1.29 is 0 Å². The standard InChI is InChI=1S/C11H21N5/c1-8-10(12-3)14-9(2)15-11(8)13-6-7-16(4)5/h6-7H2,1-5H3,(H2,12,13,14,15). The van der Waals surface area contributed by atoms with Crippen LogP contribution in [0.3, 0.4) is 0 Å². The molecule has 0 fully saturated rings. The van der Waals surface area contributed by atoms with Crippen molar-refractivity contribution in [3.8, 4) is 0 Å². The first-order chi connectivity index (χ1) is 7.54. The number of nitrogens with zero attached hydrogens (tertiary/aromatic N) is 3. The van der Waals surface area contributed by atoms with Gasteiger partial charge in [-0.2, -0.15) is 0 Å². The van der Waals surface area contributed by atoms with Crippen LogP contribution in [0.25, 0.3) is 0 Å². The van der Waals surface area contributed by atoms with Gasteiger partial charge in [-0.05, 0) is 27.9 Å². The van der Waals surface area contributed by atoms with E-state index in [1.54, 1.807) is 0 Å². The molecule has 5 heteroatoms. The first kappa shape index (κ1) is 12.7. The van der Waals surface area contributed by atoms with Crippen molar-refractivity contribution in [3.63, 3.8) is 0 Å². The molecule has 2 N–H and O–H groups in total. The van der Waals surface area contributed by atoms with Crippen molar-refractivity contribution in [2.45, 2.75) is 13.8 Å². The molecule has 0 spiro atoms. The predicted molar refractivity (Wildman–Crippen MR) is 68.1 cm³/mol. The Hall–Kier alpha value is -1.36. The van der Waals surface area contributed by atoms with E-state index in [2.05, 4.69) is 39.6 Å². The summed E-state index contributed by atoms with van der Waals surface area (Å²) in [6.07, 6.45) is 0. The SMILES string of the molecule is CNc1nc(C)nc(NCCN(C)C)c1C. The molecule has 0 saturated carbocycles. The molecule has 1 heterocycles. The Morgan fingerprint density at radius 2 is 1.75 bits per heavy atom. The minimum absolute atomic E-state index is 0.780.